The zero-order chi connectivity index (χ0) is 16.1. The molecule has 0 bridgehead atoms. The van der Waals surface area contributed by atoms with E-state index in [0.29, 0.717) is 18.9 Å². The molecule has 1 N–H and O–H groups in total. The topological polar surface area (TPSA) is 54.3 Å². The Balaban J connectivity index is 1.84. The molecule has 1 aliphatic heterocycles. The van der Waals surface area contributed by atoms with Crippen LogP contribution in [0.5, 0.6) is 0 Å². The van der Waals surface area contributed by atoms with Crippen molar-refractivity contribution in [3.8, 4) is 0 Å². The lowest BCUT2D eigenvalue weighted by Crippen LogP contribution is -2.49. The molecule has 2 fully saturated rings. The van der Waals surface area contributed by atoms with E-state index in [0.717, 1.165) is 17.8 Å². The largest absolute Gasteiger partial charge is 0.347 e. The Hall–Kier alpha value is -2.30. The zero-order valence-corrected chi connectivity index (χ0v) is 13.6. The SMILES string of the molecule is CCn1cc(C2CC2)c2cc(N3CCC(=O)NC3=O)c(C)cc21. The highest BCUT2D eigenvalue weighted by Crippen LogP contribution is 2.45. The van der Waals surface area contributed by atoms with Gasteiger partial charge in [0, 0.05) is 42.3 Å². The summed E-state index contributed by atoms with van der Waals surface area (Å²) in [5, 5.41) is 3.66. The van der Waals surface area contributed by atoms with Gasteiger partial charge >= 0.3 is 6.03 Å². The van der Waals surface area contributed by atoms with Crippen molar-refractivity contribution in [2.24, 2.45) is 0 Å². The molecule has 5 heteroatoms. The van der Waals surface area contributed by atoms with Crippen molar-refractivity contribution in [2.75, 3.05) is 11.4 Å². The van der Waals surface area contributed by atoms with E-state index in [2.05, 4.69) is 35.1 Å². The third-order valence-corrected chi connectivity index (χ3v) is 4.93. The van der Waals surface area contributed by atoms with Gasteiger partial charge in [0.1, 0.15) is 0 Å². The van der Waals surface area contributed by atoms with Crippen LogP contribution in [0.1, 0.15) is 43.2 Å². The van der Waals surface area contributed by atoms with Gasteiger partial charge in [0.25, 0.3) is 0 Å². The Morgan fingerprint density at radius 3 is 2.70 bits per heavy atom. The molecule has 2 aromatic rings. The summed E-state index contributed by atoms with van der Waals surface area (Å²) in [7, 11) is 0. The van der Waals surface area contributed by atoms with E-state index in [4.69, 9.17) is 0 Å². The Labute approximate surface area is 135 Å². The predicted molar refractivity (Wildman–Crippen MR) is 89.8 cm³/mol. The molecule has 120 valence electrons. The molecule has 1 saturated carbocycles. The summed E-state index contributed by atoms with van der Waals surface area (Å²) in [4.78, 5) is 25.2. The standard InChI is InChI=1S/C18H21N3O2/c1-3-20-10-14(12-4-5-12)13-9-15(11(2)8-16(13)20)21-7-6-17(22)19-18(21)23/h8-10,12H,3-7H2,1-2H3,(H,19,22,23). The van der Waals surface area contributed by atoms with Crippen molar-refractivity contribution >= 4 is 28.5 Å². The number of carbonyl (C=O) groups excluding carboxylic acids is 2. The molecule has 5 nitrogen and oxygen atoms in total. The molecule has 1 aromatic heterocycles. The summed E-state index contributed by atoms with van der Waals surface area (Å²) in [6.45, 7) is 5.58. The van der Waals surface area contributed by atoms with E-state index in [1.807, 2.05) is 6.92 Å². The minimum absolute atomic E-state index is 0.194. The van der Waals surface area contributed by atoms with Gasteiger partial charge in [-0.2, -0.15) is 0 Å². The number of rotatable bonds is 3. The number of fused-ring (bicyclic) bond motifs is 1. The van der Waals surface area contributed by atoms with Crippen molar-refractivity contribution in [1.29, 1.82) is 0 Å². The van der Waals surface area contributed by atoms with Gasteiger partial charge in [-0.25, -0.2) is 4.79 Å². The Bertz CT molecular complexity index is 817. The smallest absolute Gasteiger partial charge is 0.328 e. The normalized spacial score (nSPS) is 18.6. The van der Waals surface area contributed by atoms with Gasteiger partial charge in [0.15, 0.2) is 0 Å². The van der Waals surface area contributed by atoms with Gasteiger partial charge in [-0.3, -0.25) is 15.0 Å². The first-order valence-electron chi connectivity index (χ1n) is 8.33. The Morgan fingerprint density at radius 1 is 1.26 bits per heavy atom. The van der Waals surface area contributed by atoms with Crippen LogP contribution in [0.25, 0.3) is 10.9 Å². The maximum absolute atomic E-state index is 12.2. The number of urea groups is 1. The molecular weight excluding hydrogens is 290 g/mol. The first kappa shape index (κ1) is 14.3. The summed E-state index contributed by atoms with van der Waals surface area (Å²) in [6, 6.07) is 4.00. The molecule has 0 atom stereocenters. The number of amides is 3. The second kappa shape index (κ2) is 5.11. The number of aromatic nitrogens is 1. The van der Waals surface area contributed by atoms with Crippen LogP contribution in [-0.2, 0) is 11.3 Å². The molecule has 3 amide bonds. The van der Waals surface area contributed by atoms with Crippen molar-refractivity contribution in [2.45, 2.75) is 45.6 Å². The molecule has 1 aliphatic carbocycles. The molecule has 0 unspecified atom stereocenters. The van der Waals surface area contributed by atoms with Gasteiger partial charge in [-0.1, -0.05) is 0 Å². The molecule has 2 heterocycles. The van der Waals surface area contributed by atoms with Crippen molar-refractivity contribution in [3.05, 3.63) is 29.5 Å². The van der Waals surface area contributed by atoms with Crippen LogP contribution >= 0.6 is 0 Å². The second-order valence-electron chi connectivity index (χ2n) is 6.56. The van der Waals surface area contributed by atoms with Crippen LogP contribution in [0.4, 0.5) is 10.5 Å². The number of hydrogen-bond acceptors (Lipinski definition) is 2. The number of imide groups is 1. The van der Waals surface area contributed by atoms with Gasteiger partial charge < -0.3 is 4.57 Å². The zero-order valence-electron chi connectivity index (χ0n) is 13.6. The lowest BCUT2D eigenvalue weighted by atomic mass is 10.0. The van der Waals surface area contributed by atoms with E-state index in [1.54, 1.807) is 4.90 Å². The van der Waals surface area contributed by atoms with Crippen LogP contribution in [0.15, 0.2) is 18.3 Å². The Morgan fingerprint density at radius 2 is 2.04 bits per heavy atom. The van der Waals surface area contributed by atoms with Crippen molar-refractivity contribution < 1.29 is 9.59 Å². The summed E-state index contributed by atoms with van der Waals surface area (Å²) in [5.74, 6) is 0.471. The van der Waals surface area contributed by atoms with E-state index >= 15 is 0 Å². The molecule has 0 spiro atoms. The summed E-state index contributed by atoms with van der Waals surface area (Å²) in [6.07, 6.45) is 5.13. The van der Waals surface area contributed by atoms with E-state index in [-0.39, 0.29) is 11.9 Å². The quantitative estimate of drug-likeness (QED) is 0.945. The van der Waals surface area contributed by atoms with Crippen LogP contribution in [0, 0.1) is 6.92 Å². The maximum Gasteiger partial charge on any atom is 0.328 e. The van der Waals surface area contributed by atoms with Gasteiger partial charge in [0.2, 0.25) is 5.91 Å². The van der Waals surface area contributed by atoms with Crippen LogP contribution in [0.2, 0.25) is 0 Å². The highest BCUT2D eigenvalue weighted by atomic mass is 16.2. The average molecular weight is 311 g/mol. The second-order valence-corrected chi connectivity index (χ2v) is 6.56. The summed E-state index contributed by atoms with van der Waals surface area (Å²) >= 11 is 0. The fourth-order valence-corrected chi connectivity index (χ4v) is 3.52. The number of hydrogen-bond donors (Lipinski definition) is 1. The highest BCUT2D eigenvalue weighted by molar-refractivity contribution is 6.07. The maximum atomic E-state index is 12.2. The highest BCUT2D eigenvalue weighted by Gasteiger charge is 2.29. The molecule has 0 radical (unpaired) electrons. The molecule has 1 aromatic carbocycles. The van der Waals surface area contributed by atoms with E-state index < -0.39 is 0 Å². The predicted octanol–water partition coefficient (Wildman–Crippen LogP) is 3.29. The number of benzene rings is 1. The first-order chi connectivity index (χ1) is 11.1. The van der Waals surface area contributed by atoms with Crippen molar-refractivity contribution in [1.82, 2.24) is 9.88 Å². The number of nitrogens with zero attached hydrogens (tertiary/aromatic N) is 2. The van der Waals surface area contributed by atoms with E-state index in [9.17, 15) is 9.59 Å². The third kappa shape index (κ3) is 2.31. The van der Waals surface area contributed by atoms with Gasteiger partial charge in [0.05, 0.1) is 0 Å². The Kier molecular flexibility index (Phi) is 3.18. The number of anilines is 1. The van der Waals surface area contributed by atoms with Crippen LogP contribution < -0.4 is 10.2 Å². The number of aryl methyl sites for hydroxylation is 2. The molecule has 2 aliphatic rings. The average Bonchev–Trinajstić information content (AvgIpc) is 3.29. The van der Waals surface area contributed by atoms with Crippen LogP contribution in [0.3, 0.4) is 0 Å². The molecular formula is C18H21N3O2. The van der Waals surface area contributed by atoms with Gasteiger partial charge in [-0.15, -0.1) is 0 Å². The fraction of sp³-hybridized carbons (Fsp3) is 0.444. The lowest BCUT2D eigenvalue weighted by Gasteiger charge is -2.28. The first-order valence-corrected chi connectivity index (χ1v) is 8.33. The third-order valence-electron chi connectivity index (χ3n) is 4.93. The minimum Gasteiger partial charge on any atom is -0.347 e. The number of carbonyl (C=O) groups is 2. The molecule has 23 heavy (non-hydrogen) atoms. The van der Waals surface area contributed by atoms with E-state index in [1.165, 1.54) is 29.3 Å². The molecule has 4 rings (SSSR count). The summed E-state index contributed by atoms with van der Waals surface area (Å²) < 4.78 is 2.29. The fourth-order valence-electron chi connectivity index (χ4n) is 3.52. The summed E-state index contributed by atoms with van der Waals surface area (Å²) in [5.41, 5.74) is 4.62. The minimum atomic E-state index is -0.313. The lowest BCUT2D eigenvalue weighted by molar-refractivity contribution is -0.120. The van der Waals surface area contributed by atoms with Crippen LogP contribution in [-0.4, -0.2) is 23.1 Å². The number of nitrogens with one attached hydrogen (secondary N) is 1. The monoisotopic (exact) mass is 311 g/mol. The molecule has 1 saturated heterocycles. The van der Waals surface area contributed by atoms with Crippen molar-refractivity contribution in [3.63, 3.8) is 0 Å². The van der Waals surface area contributed by atoms with Gasteiger partial charge in [-0.05, 0) is 55.9 Å².